The molecule has 6 nitrogen and oxygen atoms in total. The first kappa shape index (κ1) is 21.6. The molecule has 0 aliphatic rings. The Morgan fingerprint density at radius 1 is 0.800 bits per heavy atom. The molecule has 0 bridgehead atoms. The fourth-order valence-electron chi connectivity index (χ4n) is 4.91. The SMILES string of the molecule is COc1ccc(Sc2ccc3c(=O)n4c5cc(OC)c(OC)cc5[n+](C)c4c4cccc2c34)cc1. The Labute approximate surface area is 205 Å². The highest BCUT2D eigenvalue weighted by atomic mass is 32.2. The molecule has 6 aromatic rings. The molecule has 0 atom stereocenters. The molecule has 0 aliphatic heterocycles. The van der Waals surface area contributed by atoms with Gasteiger partial charge in [-0.1, -0.05) is 23.9 Å². The Morgan fingerprint density at radius 3 is 2.23 bits per heavy atom. The van der Waals surface area contributed by atoms with Crippen molar-refractivity contribution in [2.75, 3.05) is 21.3 Å². The highest BCUT2D eigenvalue weighted by Crippen LogP contribution is 2.39. The van der Waals surface area contributed by atoms with Crippen molar-refractivity contribution < 1.29 is 18.8 Å². The van der Waals surface area contributed by atoms with Gasteiger partial charge in [-0.2, -0.15) is 4.40 Å². The molecule has 35 heavy (non-hydrogen) atoms. The largest absolute Gasteiger partial charge is 0.497 e. The van der Waals surface area contributed by atoms with E-state index in [-0.39, 0.29) is 5.56 Å². The lowest BCUT2D eigenvalue weighted by Crippen LogP contribution is -2.29. The molecule has 4 aromatic carbocycles. The van der Waals surface area contributed by atoms with Crippen LogP contribution < -0.4 is 24.3 Å². The maximum Gasteiger partial charge on any atom is 0.347 e. The van der Waals surface area contributed by atoms with Gasteiger partial charge in [-0.25, -0.2) is 9.36 Å². The minimum atomic E-state index is -0.0532. The fourth-order valence-corrected chi connectivity index (χ4v) is 5.86. The molecular formula is C28H23N2O4S+. The van der Waals surface area contributed by atoms with Crippen LogP contribution in [-0.2, 0) is 7.05 Å². The highest BCUT2D eigenvalue weighted by molar-refractivity contribution is 7.99. The maximum absolute atomic E-state index is 13.9. The zero-order valence-corrected chi connectivity index (χ0v) is 20.6. The van der Waals surface area contributed by atoms with E-state index in [0.717, 1.165) is 48.4 Å². The van der Waals surface area contributed by atoms with Gasteiger partial charge in [0.1, 0.15) is 5.75 Å². The Balaban J connectivity index is 1.67. The van der Waals surface area contributed by atoms with Crippen LogP contribution in [0.25, 0.3) is 38.2 Å². The van der Waals surface area contributed by atoms with Crippen LogP contribution in [0.15, 0.2) is 81.3 Å². The number of imidazole rings is 1. The Bertz CT molecular complexity index is 1810. The first-order valence-corrected chi connectivity index (χ1v) is 12.0. The maximum atomic E-state index is 13.9. The molecule has 0 fully saturated rings. The van der Waals surface area contributed by atoms with Crippen LogP contribution in [0.5, 0.6) is 17.2 Å². The van der Waals surface area contributed by atoms with Gasteiger partial charge in [-0.05, 0) is 47.9 Å². The number of pyridine rings is 1. The summed E-state index contributed by atoms with van der Waals surface area (Å²) in [6.07, 6.45) is 0. The van der Waals surface area contributed by atoms with Crippen LogP contribution in [0.4, 0.5) is 0 Å². The summed E-state index contributed by atoms with van der Waals surface area (Å²) in [6.45, 7) is 0. The number of aryl methyl sites for hydroxylation is 1. The van der Waals surface area contributed by atoms with Crippen LogP contribution in [-0.4, -0.2) is 25.7 Å². The van der Waals surface area contributed by atoms with Gasteiger partial charge in [-0.3, -0.25) is 0 Å². The zero-order chi connectivity index (χ0) is 24.3. The molecule has 0 amide bonds. The summed E-state index contributed by atoms with van der Waals surface area (Å²) in [4.78, 5) is 16.1. The van der Waals surface area contributed by atoms with Crippen LogP contribution in [0.1, 0.15) is 0 Å². The molecule has 0 saturated carbocycles. The van der Waals surface area contributed by atoms with Crippen molar-refractivity contribution in [3.8, 4) is 17.2 Å². The van der Waals surface area contributed by atoms with Gasteiger partial charge in [0.2, 0.25) is 0 Å². The summed E-state index contributed by atoms with van der Waals surface area (Å²) in [5.41, 5.74) is 2.46. The van der Waals surface area contributed by atoms with Crippen LogP contribution in [0.2, 0.25) is 0 Å². The highest BCUT2D eigenvalue weighted by Gasteiger charge is 2.27. The monoisotopic (exact) mass is 483 g/mol. The first-order valence-electron chi connectivity index (χ1n) is 11.1. The van der Waals surface area contributed by atoms with E-state index in [1.807, 2.05) is 55.6 Å². The predicted molar refractivity (Wildman–Crippen MR) is 139 cm³/mol. The van der Waals surface area contributed by atoms with Gasteiger partial charge < -0.3 is 14.2 Å². The average molecular weight is 484 g/mol. The number of benzene rings is 4. The van der Waals surface area contributed by atoms with Gasteiger partial charge >= 0.3 is 5.56 Å². The fraction of sp³-hybridized carbons (Fsp3) is 0.143. The lowest BCUT2D eigenvalue weighted by molar-refractivity contribution is -0.617. The Hall–Kier alpha value is -3.97. The molecule has 2 aromatic heterocycles. The van der Waals surface area contributed by atoms with Gasteiger partial charge in [0, 0.05) is 27.3 Å². The van der Waals surface area contributed by atoms with Gasteiger partial charge in [-0.15, -0.1) is 0 Å². The number of methoxy groups -OCH3 is 3. The topological polar surface area (TPSA) is 53.1 Å². The molecule has 0 N–H and O–H groups in total. The van der Waals surface area contributed by atoms with Crippen molar-refractivity contribution in [3.63, 3.8) is 0 Å². The van der Waals surface area contributed by atoms with Crippen molar-refractivity contribution in [1.29, 1.82) is 0 Å². The molecule has 0 radical (unpaired) electrons. The second-order valence-electron chi connectivity index (χ2n) is 8.34. The van der Waals surface area contributed by atoms with E-state index in [9.17, 15) is 4.79 Å². The predicted octanol–water partition coefficient (Wildman–Crippen LogP) is 5.20. The van der Waals surface area contributed by atoms with Crippen molar-refractivity contribution in [2.24, 2.45) is 7.05 Å². The summed E-state index contributed by atoms with van der Waals surface area (Å²) >= 11 is 1.68. The molecule has 2 heterocycles. The summed E-state index contributed by atoms with van der Waals surface area (Å²) in [6, 6.07) is 22.0. The number of hydrogen-bond acceptors (Lipinski definition) is 5. The van der Waals surface area contributed by atoms with E-state index in [4.69, 9.17) is 14.2 Å². The van der Waals surface area contributed by atoms with Crippen LogP contribution in [0.3, 0.4) is 0 Å². The van der Waals surface area contributed by atoms with E-state index in [2.05, 4.69) is 22.8 Å². The molecule has 174 valence electrons. The molecule has 6 rings (SSSR count). The Kier molecular flexibility index (Phi) is 4.96. The minimum Gasteiger partial charge on any atom is -0.497 e. The van der Waals surface area contributed by atoms with E-state index in [1.165, 1.54) is 0 Å². The van der Waals surface area contributed by atoms with Crippen LogP contribution >= 0.6 is 11.8 Å². The second-order valence-corrected chi connectivity index (χ2v) is 9.45. The number of hydrogen-bond donors (Lipinski definition) is 0. The van der Waals surface area contributed by atoms with Gasteiger partial charge in [0.05, 0.1) is 39.1 Å². The average Bonchev–Trinajstić information content (AvgIpc) is 3.19. The number of aromatic nitrogens is 2. The summed E-state index contributed by atoms with van der Waals surface area (Å²) in [5.74, 6) is 2.04. The quantitative estimate of drug-likeness (QED) is 0.316. The van der Waals surface area contributed by atoms with Crippen molar-refractivity contribution in [3.05, 3.63) is 77.1 Å². The summed E-state index contributed by atoms with van der Waals surface area (Å²) in [7, 11) is 6.86. The van der Waals surface area contributed by atoms with Crippen molar-refractivity contribution >= 4 is 50.0 Å². The molecule has 0 saturated heterocycles. The first-order chi connectivity index (χ1) is 17.0. The third kappa shape index (κ3) is 3.12. The third-order valence-electron chi connectivity index (χ3n) is 6.57. The van der Waals surface area contributed by atoms with E-state index >= 15 is 0 Å². The molecular weight excluding hydrogens is 460 g/mol. The van der Waals surface area contributed by atoms with Crippen LogP contribution in [0, 0.1) is 0 Å². The standard InChI is InChI=1S/C28H23N2O4S/c1-29-21-14-23(33-3)24(34-4)15-22(21)30-27(29)19-7-5-6-18-25(13-12-20(26(18)19)28(30)31)35-17-10-8-16(32-2)9-11-17/h5-15H,1-4H3/q+1. The van der Waals surface area contributed by atoms with E-state index < -0.39 is 0 Å². The number of ether oxygens (including phenoxy) is 3. The number of fused-ring (bicyclic) bond motifs is 4. The number of nitrogens with zero attached hydrogens (tertiary/aromatic N) is 2. The molecule has 0 aliphatic carbocycles. The smallest absolute Gasteiger partial charge is 0.347 e. The van der Waals surface area contributed by atoms with E-state index in [0.29, 0.717) is 16.9 Å². The van der Waals surface area contributed by atoms with Gasteiger partial charge in [0.25, 0.3) is 5.65 Å². The molecule has 0 spiro atoms. The minimum absolute atomic E-state index is 0.0532. The van der Waals surface area contributed by atoms with E-state index in [1.54, 1.807) is 37.5 Å². The lowest BCUT2D eigenvalue weighted by Gasteiger charge is -2.10. The van der Waals surface area contributed by atoms with Gasteiger partial charge in [0.15, 0.2) is 22.5 Å². The van der Waals surface area contributed by atoms with Crippen molar-refractivity contribution in [1.82, 2.24) is 4.40 Å². The second kappa shape index (κ2) is 8.06. The molecule has 0 unspecified atom stereocenters. The summed E-state index contributed by atoms with van der Waals surface area (Å²) in [5, 5.41) is 3.74. The zero-order valence-electron chi connectivity index (χ0n) is 19.8. The summed E-state index contributed by atoms with van der Waals surface area (Å²) < 4.78 is 20.2. The normalized spacial score (nSPS) is 11.7. The number of rotatable bonds is 5. The van der Waals surface area contributed by atoms with Crippen molar-refractivity contribution in [2.45, 2.75) is 9.79 Å². The third-order valence-corrected chi connectivity index (χ3v) is 7.66. The molecule has 7 heteroatoms. The Morgan fingerprint density at radius 2 is 1.51 bits per heavy atom. The lowest BCUT2D eigenvalue weighted by atomic mass is 10.0.